The molecule has 96 valence electrons. The SMILES string of the molecule is O=C(CNC1CCCC1)c1ccc2c(c1)CCO2. The Hall–Kier alpha value is -1.35. The molecular weight excluding hydrogens is 226 g/mol. The molecule has 3 rings (SSSR count). The summed E-state index contributed by atoms with van der Waals surface area (Å²) in [5.41, 5.74) is 1.98. The van der Waals surface area contributed by atoms with E-state index in [0.29, 0.717) is 12.6 Å². The lowest BCUT2D eigenvalue weighted by Crippen LogP contribution is -2.31. The summed E-state index contributed by atoms with van der Waals surface area (Å²) in [5, 5.41) is 3.37. The van der Waals surface area contributed by atoms with Crippen LogP contribution in [-0.4, -0.2) is 25.0 Å². The monoisotopic (exact) mass is 245 g/mol. The highest BCUT2D eigenvalue weighted by atomic mass is 16.5. The van der Waals surface area contributed by atoms with Crippen LogP contribution < -0.4 is 10.1 Å². The molecule has 0 bridgehead atoms. The van der Waals surface area contributed by atoms with Crippen molar-refractivity contribution in [2.45, 2.75) is 38.1 Å². The van der Waals surface area contributed by atoms with Gasteiger partial charge < -0.3 is 10.1 Å². The van der Waals surface area contributed by atoms with Crippen molar-refractivity contribution in [3.8, 4) is 5.75 Å². The summed E-state index contributed by atoms with van der Waals surface area (Å²) >= 11 is 0. The van der Waals surface area contributed by atoms with E-state index >= 15 is 0 Å². The molecule has 0 amide bonds. The summed E-state index contributed by atoms with van der Waals surface area (Å²) in [5.74, 6) is 1.13. The molecule has 0 radical (unpaired) electrons. The first kappa shape index (κ1) is 11.7. The van der Waals surface area contributed by atoms with Gasteiger partial charge in [0.05, 0.1) is 13.2 Å². The number of nitrogens with one attached hydrogen (secondary N) is 1. The molecule has 1 saturated carbocycles. The summed E-state index contributed by atoms with van der Waals surface area (Å²) in [7, 11) is 0. The number of hydrogen-bond donors (Lipinski definition) is 1. The molecule has 0 aromatic heterocycles. The normalized spacial score (nSPS) is 18.7. The third kappa shape index (κ3) is 2.41. The van der Waals surface area contributed by atoms with Crippen LogP contribution in [0.5, 0.6) is 5.75 Å². The smallest absolute Gasteiger partial charge is 0.176 e. The van der Waals surface area contributed by atoms with Gasteiger partial charge in [-0.05, 0) is 36.6 Å². The minimum absolute atomic E-state index is 0.191. The molecule has 0 atom stereocenters. The standard InChI is InChI=1S/C15H19NO2/c17-14(10-16-13-3-1-2-4-13)11-5-6-15-12(9-11)7-8-18-15/h5-6,9,13,16H,1-4,7-8,10H2. The maximum Gasteiger partial charge on any atom is 0.176 e. The molecule has 1 aromatic rings. The number of carbonyl (C=O) groups is 1. The van der Waals surface area contributed by atoms with Crippen molar-refractivity contribution in [3.05, 3.63) is 29.3 Å². The third-order valence-electron chi connectivity index (χ3n) is 3.92. The molecule has 1 aliphatic carbocycles. The van der Waals surface area contributed by atoms with Gasteiger partial charge in [0, 0.05) is 18.0 Å². The summed E-state index contributed by atoms with van der Waals surface area (Å²) in [6.45, 7) is 1.21. The van der Waals surface area contributed by atoms with Gasteiger partial charge in [-0.3, -0.25) is 4.79 Å². The number of benzene rings is 1. The minimum atomic E-state index is 0.191. The molecule has 1 aliphatic heterocycles. The fourth-order valence-electron chi connectivity index (χ4n) is 2.83. The van der Waals surface area contributed by atoms with E-state index in [-0.39, 0.29) is 5.78 Å². The largest absolute Gasteiger partial charge is 0.493 e. The van der Waals surface area contributed by atoms with Gasteiger partial charge >= 0.3 is 0 Å². The zero-order valence-corrected chi connectivity index (χ0v) is 10.6. The van der Waals surface area contributed by atoms with Gasteiger partial charge in [0.15, 0.2) is 5.78 Å². The molecule has 1 heterocycles. The quantitative estimate of drug-likeness (QED) is 0.827. The van der Waals surface area contributed by atoms with E-state index in [4.69, 9.17) is 4.74 Å². The first-order valence-corrected chi connectivity index (χ1v) is 6.85. The predicted octanol–water partition coefficient (Wildman–Crippen LogP) is 2.34. The van der Waals surface area contributed by atoms with E-state index in [0.717, 1.165) is 24.3 Å². The Kier molecular flexibility index (Phi) is 3.33. The van der Waals surface area contributed by atoms with Crippen LogP contribution in [0.3, 0.4) is 0 Å². The maximum atomic E-state index is 12.1. The van der Waals surface area contributed by atoms with E-state index in [1.807, 2.05) is 18.2 Å². The summed E-state index contributed by atoms with van der Waals surface area (Å²) in [6, 6.07) is 6.33. The first-order valence-electron chi connectivity index (χ1n) is 6.85. The van der Waals surface area contributed by atoms with Gasteiger partial charge in [0.2, 0.25) is 0 Å². The van der Waals surface area contributed by atoms with E-state index in [1.54, 1.807) is 0 Å². The fourth-order valence-corrected chi connectivity index (χ4v) is 2.83. The van der Waals surface area contributed by atoms with E-state index < -0.39 is 0 Å². The Bertz CT molecular complexity index is 450. The molecule has 0 saturated heterocycles. The second-order valence-electron chi connectivity index (χ2n) is 5.21. The van der Waals surface area contributed by atoms with E-state index in [2.05, 4.69) is 5.32 Å². The van der Waals surface area contributed by atoms with Crippen LogP contribution in [0, 0.1) is 0 Å². The number of Topliss-reactive ketones (excluding diaryl/α,β-unsaturated/α-hetero) is 1. The topological polar surface area (TPSA) is 38.3 Å². The lowest BCUT2D eigenvalue weighted by molar-refractivity contribution is 0.0987. The summed E-state index contributed by atoms with van der Waals surface area (Å²) < 4.78 is 5.45. The van der Waals surface area contributed by atoms with Gasteiger partial charge in [-0.25, -0.2) is 0 Å². The lowest BCUT2D eigenvalue weighted by atomic mass is 10.1. The molecular formula is C15H19NO2. The minimum Gasteiger partial charge on any atom is -0.493 e. The highest BCUT2D eigenvalue weighted by Crippen LogP contribution is 2.26. The van der Waals surface area contributed by atoms with Crippen molar-refractivity contribution in [2.24, 2.45) is 0 Å². The highest BCUT2D eigenvalue weighted by Gasteiger charge is 2.17. The average Bonchev–Trinajstić information content (AvgIpc) is 3.05. The number of rotatable bonds is 4. The van der Waals surface area contributed by atoms with Crippen molar-refractivity contribution < 1.29 is 9.53 Å². The Morgan fingerprint density at radius 3 is 3.00 bits per heavy atom. The fraction of sp³-hybridized carbons (Fsp3) is 0.533. The van der Waals surface area contributed by atoms with Crippen molar-refractivity contribution in [3.63, 3.8) is 0 Å². The van der Waals surface area contributed by atoms with Gasteiger partial charge in [0.25, 0.3) is 0 Å². The number of ketones is 1. The molecule has 2 aliphatic rings. The van der Waals surface area contributed by atoms with Crippen LogP contribution in [0.4, 0.5) is 0 Å². The molecule has 3 heteroatoms. The second kappa shape index (κ2) is 5.11. The molecule has 1 fully saturated rings. The first-order chi connectivity index (χ1) is 8.83. The average molecular weight is 245 g/mol. The predicted molar refractivity (Wildman–Crippen MR) is 70.2 cm³/mol. The van der Waals surface area contributed by atoms with Gasteiger partial charge in [-0.2, -0.15) is 0 Å². The Balaban J connectivity index is 1.61. The number of carbonyl (C=O) groups excluding carboxylic acids is 1. The van der Waals surface area contributed by atoms with Gasteiger partial charge in [-0.1, -0.05) is 12.8 Å². The second-order valence-corrected chi connectivity index (χ2v) is 5.21. The van der Waals surface area contributed by atoms with Crippen LogP contribution in [0.2, 0.25) is 0 Å². The molecule has 0 spiro atoms. The lowest BCUT2D eigenvalue weighted by Gasteiger charge is -2.11. The molecule has 0 unspecified atom stereocenters. The van der Waals surface area contributed by atoms with Crippen LogP contribution in [-0.2, 0) is 6.42 Å². The van der Waals surface area contributed by atoms with E-state index in [9.17, 15) is 4.79 Å². The van der Waals surface area contributed by atoms with Gasteiger partial charge in [-0.15, -0.1) is 0 Å². The van der Waals surface area contributed by atoms with Crippen molar-refractivity contribution >= 4 is 5.78 Å². The third-order valence-corrected chi connectivity index (χ3v) is 3.92. The van der Waals surface area contributed by atoms with Gasteiger partial charge in [0.1, 0.15) is 5.75 Å². The van der Waals surface area contributed by atoms with Crippen molar-refractivity contribution in [2.75, 3.05) is 13.2 Å². The molecule has 1 N–H and O–H groups in total. The Morgan fingerprint density at radius 1 is 1.33 bits per heavy atom. The summed E-state index contributed by atoms with van der Waals surface area (Å²) in [6.07, 6.45) is 5.94. The highest BCUT2D eigenvalue weighted by molar-refractivity contribution is 5.98. The molecule has 1 aromatic carbocycles. The molecule has 18 heavy (non-hydrogen) atoms. The number of ether oxygens (including phenoxy) is 1. The zero-order chi connectivity index (χ0) is 12.4. The summed E-state index contributed by atoms with van der Waals surface area (Å²) in [4.78, 5) is 12.1. The molecule has 3 nitrogen and oxygen atoms in total. The number of hydrogen-bond acceptors (Lipinski definition) is 3. The van der Waals surface area contributed by atoms with Crippen LogP contribution in [0.1, 0.15) is 41.6 Å². The maximum absolute atomic E-state index is 12.1. The zero-order valence-electron chi connectivity index (χ0n) is 10.6. The number of fused-ring (bicyclic) bond motifs is 1. The van der Waals surface area contributed by atoms with Crippen molar-refractivity contribution in [1.29, 1.82) is 0 Å². The Morgan fingerprint density at radius 2 is 2.17 bits per heavy atom. The van der Waals surface area contributed by atoms with Crippen LogP contribution in [0.15, 0.2) is 18.2 Å². The van der Waals surface area contributed by atoms with Crippen molar-refractivity contribution in [1.82, 2.24) is 5.32 Å². The van der Waals surface area contributed by atoms with E-state index in [1.165, 1.54) is 31.2 Å². The van der Waals surface area contributed by atoms with Crippen LogP contribution in [0.25, 0.3) is 0 Å². The Labute approximate surface area is 108 Å². The van der Waals surface area contributed by atoms with Crippen LogP contribution >= 0.6 is 0 Å².